The molecule has 0 atom stereocenters. The summed E-state index contributed by atoms with van der Waals surface area (Å²) in [5.41, 5.74) is 7.39. The van der Waals surface area contributed by atoms with Gasteiger partial charge >= 0.3 is 0 Å². The van der Waals surface area contributed by atoms with Gasteiger partial charge in [-0.2, -0.15) is 5.26 Å². The van der Waals surface area contributed by atoms with Crippen molar-refractivity contribution in [1.82, 2.24) is 49.8 Å². The van der Waals surface area contributed by atoms with E-state index in [1.807, 2.05) is 109 Å². The summed E-state index contributed by atoms with van der Waals surface area (Å²) in [5.74, 6) is -0.00945. The van der Waals surface area contributed by atoms with Crippen LogP contribution in [0, 0.1) is 77.1 Å². The van der Waals surface area contributed by atoms with Crippen LogP contribution in [-0.2, 0) is 0 Å². The van der Waals surface area contributed by atoms with Crippen LogP contribution >= 0.6 is 0 Å². The number of fused-ring (bicyclic) bond motifs is 28. The van der Waals surface area contributed by atoms with Crippen molar-refractivity contribution in [2.24, 2.45) is 0 Å². The average Bonchev–Trinajstić information content (AvgIpc) is 0.396. The first kappa shape index (κ1) is 65.6. The van der Waals surface area contributed by atoms with Crippen molar-refractivity contribution in [3.8, 4) is 6.07 Å². The Bertz CT molecular complexity index is 7930. The van der Waals surface area contributed by atoms with Crippen molar-refractivity contribution in [3.05, 3.63) is 333 Å². The van der Waals surface area contributed by atoms with Crippen molar-refractivity contribution >= 4 is 231 Å². The van der Waals surface area contributed by atoms with Gasteiger partial charge in [0.1, 0.15) is 11.0 Å². The number of hydrogen-bond donors (Lipinski definition) is 0. The minimum Gasteiger partial charge on any atom is -0.370 e. The zero-order valence-electron chi connectivity index (χ0n) is 56.6. The standard InChI is InChI=1S/C24H8N6.C23H9N5.C22H10N4.C20H8N6/c1-26-20-17(12-25)19-18(22(27-2)24(20)28-3)15-10-13-6-4-5-7-14(13)11-16(15)21-23(19)30-9-8-29-21;1-24-18-12-17-19(23(26-3)22(18)25-2)15-10-13-6-4-5-7-14(13)11-16(15)20-21(17)28-9-8-27-20;1-23-19-11-16-15-9-13-5-3-4-6-14(13)10-17(15)21-22(26-8-7-25-21)18(16)12-20(19)24-2;1-21-19-20(22-2)26-18-16(25-19)14-10-12-6-4-3-5-11(12)9-13(14)15-17(18)24-8-7-23-15/h4-11H;4-12H;3-12H;3-10H. The number of nitrogens with zero attached hydrogens (tertiary/aromatic N) is 21. The summed E-state index contributed by atoms with van der Waals surface area (Å²) >= 11 is 0. The Morgan fingerprint density at radius 1 is 0.227 bits per heavy atom. The number of aromatic nitrogens is 10. The lowest BCUT2D eigenvalue weighted by atomic mass is 9.91. The van der Waals surface area contributed by atoms with Crippen molar-refractivity contribution in [1.29, 1.82) is 5.26 Å². The molecule has 21 heteroatoms. The fraction of sp³-hybridized carbons (Fsp3) is 0. The van der Waals surface area contributed by atoms with Gasteiger partial charge in [0.2, 0.25) is 28.1 Å². The van der Waals surface area contributed by atoms with Gasteiger partial charge in [0.05, 0.1) is 97.3 Å². The Balaban J connectivity index is 0.000000107. The van der Waals surface area contributed by atoms with Crippen LogP contribution in [0.25, 0.3) is 222 Å². The Morgan fingerprint density at radius 3 is 0.927 bits per heavy atom. The number of nitriles is 1. The highest BCUT2D eigenvalue weighted by Gasteiger charge is 2.27. The van der Waals surface area contributed by atoms with Crippen molar-refractivity contribution in [2.45, 2.75) is 0 Å². The smallest absolute Gasteiger partial charge is 0.294 e. The number of rotatable bonds is 0. The van der Waals surface area contributed by atoms with Crippen molar-refractivity contribution in [3.63, 3.8) is 0 Å². The molecule has 0 radical (unpaired) electrons. The molecule has 110 heavy (non-hydrogen) atoms. The van der Waals surface area contributed by atoms with E-state index in [1.165, 1.54) is 6.20 Å². The highest BCUT2D eigenvalue weighted by atomic mass is 15.0. The summed E-state index contributed by atoms with van der Waals surface area (Å²) in [4.78, 5) is 79.8. The van der Waals surface area contributed by atoms with Crippen molar-refractivity contribution in [2.75, 3.05) is 0 Å². The van der Waals surface area contributed by atoms with Gasteiger partial charge in [0.15, 0.2) is 28.4 Å². The van der Waals surface area contributed by atoms with Crippen LogP contribution in [0.4, 0.5) is 57.1 Å². The quantitative estimate of drug-likeness (QED) is 0.0796. The third-order valence-corrected chi connectivity index (χ3v) is 19.3. The van der Waals surface area contributed by atoms with Gasteiger partial charge in [-0.3, -0.25) is 73.6 Å². The van der Waals surface area contributed by atoms with Gasteiger partial charge in [-0.25, -0.2) is 4.98 Å². The van der Waals surface area contributed by atoms with Crippen LogP contribution in [0.5, 0.6) is 0 Å². The highest BCUT2D eigenvalue weighted by Crippen LogP contribution is 2.53. The van der Waals surface area contributed by atoms with Gasteiger partial charge < -0.3 is 9.69 Å². The predicted octanol–water partition coefficient (Wildman–Crippen LogP) is 24.5. The zero-order valence-corrected chi connectivity index (χ0v) is 56.6. The molecular weight excluding hydrogens is 1360 g/mol. The first-order valence-corrected chi connectivity index (χ1v) is 33.2. The second-order valence-electron chi connectivity index (χ2n) is 24.9. The molecule has 5 aromatic heterocycles. The maximum absolute atomic E-state index is 9.91. The van der Waals surface area contributed by atoms with E-state index >= 15 is 0 Å². The first-order valence-electron chi connectivity index (χ1n) is 33.2. The molecule has 496 valence electrons. The number of hydrogen-bond acceptors (Lipinski definition) is 11. The molecule has 0 fully saturated rings. The molecule has 0 bridgehead atoms. The summed E-state index contributed by atoms with van der Waals surface area (Å²) in [6.45, 7) is 75.0. The third kappa shape index (κ3) is 10.3. The molecule has 0 unspecified atom stereocenters. The van der Waals surface area contributed by atoms with E-state index in [9.17, 15) is 5.26 Å². The summed E-state index contributed by atoms with van der Waals surface area (Å²) in [7, 11) is 0. The zero-order chi connectivity index (χ0) is 75.4. The molecule has 0 amide bonds. The van der Waals surface area contributed by atoms with E-state index in [1.54, 1.807) is 61.6 Å². The molecule has 0 aliphatic rings. The van der Waals surface area contributed by atoms with Crippen LogP contribution in [0.1, 0.15) is 5.56 Å². The lowest BCUT2D eigenvalue weighted by molar-refractivity contribution is 1.29. The summed E-state index contributed by atoms with van der Waals surface area (Å²) in [6, 6.07) is 55.7. The van der Waals surface area contributed by atoms with Gasteiger partial charge in [-0.15, -0.1) is 9.97 Å². The van der Waals surface area contributed by atoms with Gasteiger partial charge in [0.25, 0.3) is 11.6 Å². The molecular formula is C89H35N21. The van der Waals surface area contributed by atoms with Crippen LogP contribution in [0.3, 0.4) is 0 Å². The van der Waals surface area contributed by atoms with E-state index in [2.05, 4.69) is 141 Å². The van der Waals surface area contributed by atoms with Crippen LogP contribution in [0.2, 0.25) is 0 Å². The molecule has 0 saturated heterocycles. The third-order valence-electron chi connectivity index (χ3n) is 19.3. The Morgan fingerprint density at radius 2 is 0.518 bits per heavy atom. The molecule has 20 rings (SSSR count). The summed E-state index contributed by atoms with van der Waals surface area (Å²) in [5, 5.41) is 29.4. The number of benzene rings is 15. The molecule has 5 heterocycles. The largest absolute Gasteiger partial charge is 0.370 e. The van der Waals surface area contributed by atoms with E-state index in [4.69, 9.17) is 65.7 Å². The molecule has 21 nitrogen and oxygen atoms in total. The Labute approximate surface area is 621 Å². The van der Waals surface area contributed by atoms with Crippen LogP contribution in [0.15, 0.2) is 213 Å². The molecule has 0 spiro atoms. The maximum atomic E-state index is 9.91. The van der Waals surface area contributed by atoms with Crippen LogP contribution in [-0.4, -0.2) is 49.8 Å². The average molecular weight is 1400 g/mol. The molecule has 0 N–H and O–H groups in total. The molecule has 0 aliphatic heterocycles. The lowest BCUT2D eigenvalue weighted by Crippen LogP contribution is -1.93. The molecule has 0 aliphatic carbocycles. The highest BCUT2D eigenvalue weighted by molar-refractivity contribution is 6.34. The summed E-state index contributed by atoms with van der Waals surface area (Å²) < 4.78 is 0. The van der Waals surface area contributed by atoms with E-state index in [-0.39, 0.29) is 51.3 Å². The van der Waals surface area contributed by atoms with Gasteiger partial charge in [0, 0.05) is 81.9 Å². The Hall–Kier alpha value is -17.8. The molecule has 0 saturated carbocycles. The Kier molecular flexibility index (Phi) is 15.8. The minimum absolute atomic E-state index is 0.00481. The van der Waals surface area contributed by atoms with E-state index < -0.39 is 0 Å². The van der Waals surface area contributed by atoms with E-state index in [0.29, 0.717) is 76.9 Å². The van der Waals surface area contributed by atoms with E-state index in [0.717, 1.165) is 108 Å². The van der Waals surface area contributed by atoms with Gasteiger partial charge in [-0.05, 0) is 135 Å². The lowest BCUT2D eigenvalue weighted by Gasteiger charge is -2.15. The molecule has 15 aromatic carbocycles. The fourth-order valence-electron chi connectivity index (χ4n) is 14.6. The predicted molar refractivity (Wildman–Crippen MR) is 431 cm³/mol. The first-order chi connectivity index (χ1) is 54.1. The summed E-state index contributed by atoms with van der Waals surface area (Å²) in [6.07, 6.45) is 12.9. The second kappa shape index (κ2) is 26.6. The monoisotopic (exact) mass is 1400 g/mol. The fourth-order valence-corrected chi connectivity index (χ4v) is 14.6. The van der Waals surface area contributed by atoms with Gasteiger partial charge in [-0.1, -0.05) is 128 Å². The SMILES string of the molecule is [C-]#[N+]c1c([N+]#[C-])c(C#N)c2c3nccnc3c3cc4ccccc4cc3c2c1[N+]#[C-].[C-]#[N+]c1cc2c3cc4ccccc4cc3c3nccnc3c2cc1[N+]#[C-].[C-]#[N+]c1cc2c3nccnc3c3cc4ccccc4cc3c2c([N+]#[C-])c1[N+]#[C-].[C-]#[N+]c1nc2c3cc4ccccc4cc3c3nccnc3c2nc1[N+]#[C-]. The molecule has 20 aromatic rings. The topological polar surface area (TPSA) is 196 Å². The second-order valence-corrected chi connectivity index (χ2v) is 24.9. The minimum atomic E-state index is -0.113. The normalized spacial score (nSPS) is 10.8. The maximum Gasteiger partial charge on any atom is 0.294 e. The van der Waals surface area contributed by atoms with Crippen LogP contribution < -0.4 is 0 Å². The van der Waals surface area contributed by atoms with Crippen molar-refractivity contribution < 1.29 is 0 Å².